The maximum Gasteiger partial charge on any atom is 0.272 e. The second-order valence-electron chi connectivity index (χ2n) is 7.38. The molecular weight excluding hydrogens is 264 g/mol. The maximum atomic E-state index is 12.5. The number of hydrogen-bond donors (Lipinski definition) is 2. The molecule has 3 unspecified atom stereocenters. The number of carbonyl (C=O) groups is 1. The second kappa shape index (κ2) is 4.68. The topological polar surface area (TPSA) is 66.9 Å². The molecule has 0 aliphatic heterocycles. The Morgan fingerprint density at radius 1 is 1.29 bits per heavy atom. The summed E-state index contributed by atoms with van der Waals surface area (Å²) in [5.41, 5.74) is 0.763. The van der Waals surface area contributed by atoms with E-state index < -0.39 is 0 Å². The third-order valence-corrected chi connectivity index (χ3v) is 5.70. The Morgan fingerprint density at radius 2 is 2.05 bits per heavy atom. The van der Waals surface area contributed by atoms with Gasteiger partial charge in [0.15, 0.2) is 5.69 Å². The van der Waals surface area contributed by atoms with E-state index in [1.807, 2.05) is 0 Å². The molecule has 0 radical (unpaired) electrons. The van der Waals surface area contributed by atoms with E-state index >= 15 is 0 Å². The summed E-state index contributed by atoms with van der Waals surface area (Å²) in [6.45, 7) is 6.87. The largest absolute Gasteiger partial charge is 0.372 e. The minimum atomic E-state index is -0.114. The number of aromatic nitrogens is 2. The lowest BCUT2D eigenvalue weighted by molar-refractivity contribution is 0.0732. The van der Waals surface area contributed by atoms with Gasteiger partial charge in [-0.25, -0.2) is 0 Å². The highest BCUT2D eigenvalue weighted by molar-refractivity contribution is 5.92. The first-order valence-electron chi connectivity index (χ1n) is 7.69. The van der Waals surface area contributed by atoms with Crippen LogP contribution in [0.15, 0.2) is 12.1 Å². The van der Waals surface area contributed by atoms with Crippen LogP contribution in [0.1, 0.15) is 50.5 Å². The molecule has 0 saturated heterocycles. The molecule has 2 fully saturated rings. The predicted octanol–water partition coefficient (Wildman–Crippen LogP) is 2.46. The molecule has 114 valence electrons. The van der Waals surface area contributed by atoms with Crippen LogP contribution in [0.2, 0.25) is 0 Å². The lowest BCUT2D eigenvalue weighted by Crippen LogP contribution is -2.52. The van der Waals surface area contributed by atoms with Crippen molar-refractivity contribution in [2.24, 2.45) is 16.7 Å². The summed E-state index contributed by atoms with van der Waals surface area (Å²) in [5, 5.41) is 14.1. The number of fused-ring (bicyclic) bond motifs is 2. The molecule has 2 aliphatic carbocycles. The normalized spacial score (nSPS) is 33.0. The molecule has 1 aromatic heterocycles. The van der Waals surface area contributed by atoms with E-state index in [0.29, 0.717) is 17.4 Å². The monoisotopic (exact) mass is 288 g/mol. The van der Waals surface area contributed by atoms with Crippen LogP contribution >= 0.6 is 0 Å². The average Bonchev–Trinajstić information content (AvgIpc) is 2.94. The van der Waals surface area contributed by atoms with Gasteiger partial charge in [-0.2, -0.15) is 0 Å². The van der Waals surface area contributed by atoms with E-state index in [1.165, 1.54) is 19.3 Å². The summed E-state index contributed by atoms with van der Waals surface area (Å²) >= 11 is 0. The Morgan fingerprint density at radius 3 is 2.57 bits per heavy atom. The zero-order chi connectivity index (χ0) is 15.3. The molecule has 2 N–H and O–H groups in total. The number of rotatable bonds is 3. The summed E-state index contributed by atoms with van der Waals surface area (Å²) in [4.78, 5) is 12.5. The van der Waals surface area contributed by atoms with Crippen LogP contribution in [-0.4, -0.2) is 29.2 Å². The van der Waals surface area contributed by atoms with E-state index in [2.05, 4.69) is 41.6 Å². The molecule has 1 amide bonds. The van der Waals surface area contributed by atoms with Gasteiger partial charge in [0, 0.05) is 13.1 Å². The number of nitrogens with zero attached hydrogens (tertiary/aromatic N) is 2. The Bertz CT molecular complexity index is 549. The fourth-order valence-electron chi connectivity index (χ4n) is 4.45. The van der Waals surface area contributed by atoms with Gasteiger partial charge in [0.1, 0.15) is 5.82 Å². The first-order chi connectivity index (χ1) is 9.87. The van der Waals surface area contributed by atoms with Gasteiger partial charge in [0.2, 0.25) is 0 Å². The standard InChI is InChI=1S/C16H24N4O/c1-15(2)10-7-8-16(3,9-10)14(15)18-13(21)11-5-6-12(17-4)20-19-11/h5-6,10,14H,7-9H2,1-4H3,(H,17,20)(H,18,21). The summed E-state index contributed by atoms with van der Waals surface area (Å²) in [7, 11) is 1.78. The van der Waals surface area contributed by atoms with Crippen molar-refractivity contribution in [3.63, 3.8) is 0 Å². The summed E-state index contributed by atoms with van der Waals surface area (Å²) in [6, 6.07) is 3.70. The van der Waals surface area contributed by atoms with Crippen molar-refractivity contribution in [2.75, 3.05) is 12.4 Å². The van der Waals surface area contributed by atoms with Crippen LogP contribution in [0, 0.1) is 16.7 Å². The van der Waals surface area contributed by atoms with Crippen molar-refractivity contribution in [2.45, 2.75) is 46.1 Å². The van der Waals surface area contributed by atoms with Crippen LogP contribution in [0.5, 0.6) is 0 Å². The summed E-state index contributed by atoms with van der Waals surface area (Å²) in [5.74, 6) is 1.27. The average molecular weight is 288 g/mol. The molecule has 2 saturated carbocycles. The highest BCUT2D eigenvalue weighted by Crippen LogP contribution is 2.62. The van der Waals surface area contributed by atoms with Crippen LogP contribution in [0.4, 0.5) is 5.82 Å². The lowest BCUT2D eigenvalue weighted by Gasteiger charge is -2.43. The summed E-state index contributed by atoms with van der Waals surface area (Å²) in [6.07, 6.45) is 3.71. The van der Waals surface area contributed by atoms with Crippen molar-refractivity contribution in [1.82, 2.24) is 15.5 Å². The smallest absolute Gasteiger partial charge is 0.272 e. The Labute approximate surface area is 125 Å². The molecule has 2 aliphatic rings. The number of nitrogens with one attached hydrogen (secondary N) is 2. The number of anilines is 1. The zero-order valence-electron chi connectivity index (χ0n) is 13.2. The molecule has 0 aromatic carbocycles. The van der Waals surface area contributed by atoms with Gasteiger partial charge in [-0.3, -0.25) is 4.79 Å². The predicted molar refractivity (Wildman–Crippen MR) is 82.1 cm³/mol. The highest BCUT2D eigenvalue weighted by Gasteiger charge is 2.59. The van der Waals surface area contributed by atoms with Crippen molar-refractivity contribution in [1.29, 1.82) is 0 Å². The molecule has 1 heterocycles. The second-order valence-corrected chi connectivity index (χ2v) is 7.38. The molecule has 0 spiro atoms. The van der Waals surface area contributed by atoms with E-state index in [0.717, 1.165) is 0 Å². The lowest BCUT2D eigenvalue weighted by atomic mass is 9.68. The van der Waals surface area contributed by atoms with E-state index in [4.69, 9.17) is 0 Å². The molecule has 5 heteroatoms. The summed E-state index contributed by atoms with van der Waals surface area (Å²) < 4.78 is 0. The van der Waals surface area contributed by atoms with Crippen LogP contribution in [0.25, 0.3) is 0 Å². The van der Waals surface area contributed by atoms with Crippen LogP contribution in [0.3, 0.4) is 0 Å². The fraction of sp³-hybridized carbons (Fsp3) is 0.688. The molecule has 2 bridgehead atoms. The minimum Gasteiger partial charge on any atom is -0.372 e. The van der Waals surface area contributed by atoms with Gasteiger partial charge in [0.25, 0.3) is 5.91 Å². The van der Waals surface area contributed by atoms with Gasteiger partial charge >= 0.3 is 0 Å². The SMILES string of the molecule is CNc1ccc(C(=O)NC2C3(C)CCC(C3)C2(C)C)nn1. The van der Waals surface area contributed by atoms with Crippen molar-refractivity contribution in [3.05, 3.63) is 17.8 Å². The first-order valence-corrected chi connectivity index (χ1v) is 7.69. The highest BCUT2D eigenvalue weighted by atomic mass is 16.2. The minimum absolute atomic E-state index is 0.114. The van der Waals surface area contributed by atoms with E-state index in [1.54, 1.807) is 19.2 Å². The molecule has 5 nitrogen and oxygen atoms in total. The Hall–Kier alpha value is -1.65. The fourth-order valence-corrected chi connectivity index (χ4v) is 4.45. The van der Waals surface area contributed by atoms with Crippen molar-refractivity contribution in [3.8, 4) is 0 Å². The van der Waals surface area contributed by atoms with Crippen LogP contribution in [-0.2, 0) is 0 Å². The van der Waals surface area contributed by atoms with Gasteiger partial charge in [-0.15, -0.1) is 10.2 Å². The number of amides is 1. The molecule has 1 aromatic rings. The van der Waals surface area contributed by atoms with Crippen molar-refractivity contribution < 1.29 is 4.79 Å². The van der Waals surface area contributed by atoms with Gasteiger partial charge in [0.05, 0.1) is 0 Å². The van der Waals surface area contributed by atoms with Crippen molar-refractivity contribution >= 4 is 11.7 Å². The first kappa shape index (κ1) is 14.3. The Balaban J connectivity index is 1.78. The van der Waals surface area contributed by atoms with Gasteiger partial charge < -0.3 is 10.6 Å². The molecule has 3 atom stereocenters. The molecule has 3 rings (SSSR count). The number of carbonyl (C=O) groups excluding carboxylic acids is 1. The third-order valence-electron chi connectivity index (χ3n) is 5.70. The Kier molecular flexibility index (Phi) is 3.19. The maximum absolute atomic E-state index is 12.5. The zero-order valence-corrected chi connectivity index (χ0v) is 13.2. The van der Waals surface area contributed by atoms with Crippen LogP contribution < -0.4 is 10.6 Å². The van der Waals surface area contributed by atoms with E-state index in [9.17, 15) is 4.79 Å². The molecule has 21 heavy (non-hydrogen) atoms. The molecular formula is C16H24N4O. The van der Waals surface area contributed by atoms with Gasteiger partial charge in [-0.05, 0) is 48.1 Å². The quantitative estimate of drug-likeness (QED) is 0.896. The third kappa shape index (κ3) is 2.19. The van der Waals surface area contributed by atoms with E-state index in [-0.39, 0.29) is 22.8 Å². The number of hydrogen-bond acceptors (Lipinski definition) is 4. The van der Waals surface area contributed by atoms with Gasteiger partial charge in [-0.1, -0.05) is 20.8 Å².